The molecular formula is C9H9N5O2S. The molecule has 2 aromatic rings. The Balaban J connectivity index is 2.46. The topological polar surface area (TPSA) is 107 Å². The maximum Gasteiger partial charge on any atom is 0.358 e. The minimum Gasteiger partial charge on any atom is -0.476 e. The molecular weight excluding hydrogens is 242 g/mol. The Hall–Kier alpha value is -2.09. The largest absolute Gasteiger partial charge is 0.476 e. The van der Waals surface area contributed by atoms with Gasteiger partial charge in [-0.2, -0.15) is 5.10 Å². The zero-order valence-corrected chi connectivity index (χ0v) is 9.68. The average molecular weight is 251 g/mol. The van der Waals surface area contributed by atoms with Gasteiger partial charge in [-0.15, -0.1) is 11.8 Å². The number of nitrogens with zero attached hydrogens (tertiary/aromatic N) is 4. The first-order valence-corrected chi connectivity index (χ1v) is 5.79. The highest BCUT2D eigenvalue weighted by Crippen LogP contribution is 2.16. The van der Waals surface area contributed by atoms with Crippen molar-refractivity contribution in [2.24, 2.45) is 0 Å². The van der Waals surface area contributed by atoms with Gasteiger partial charge in [0.25, 0.3) is 0 Å². The highest BCUT2D eigenvalue weighted by atomic mass is 32.2. The van der Waals surface area contributed by atoms with Crippen LogP contribution in [0.4, 0.5) is 5.69 Å². The van der Waals surface area contributed by atoms with E-state index in [4.69, 9.17) is 10.8 Å². The molecule has 0 unspecified atom stereocenters. The van der Waals surface area contributed by atoms with Crippen molar-refractivity contribution in [3.63, 3.8) is 0 Å². The zero-order valence-electron chi connectivity index (χ0n) is 8.86. The zero-order chi connectivity index (χ0) is 12.4. The molecule has 0 spiro atoms. The molecule has 0 fully saturated rings. The standard InChI is InChI=1S/C9H9N5O2S/c1-17-7-2-6(11-4-12-7)14-3-5(10)8(13-14)9(15)16/h2-4H,10H2,1H3,(H,15,16). The molecule has 0 aromatic carbocycles. The molecule has 2 heterocycles. The van der Waals surface area contributed by atoms with E-state index >= 15 is 0 Å². The van der Waals surface area contributed by atoms with Gasteiger partial charge in [0.05, 0.1) is 11.9 Å². The van der Waals surface area contributed by atoms with Crippen molar-refractivity contribution in [3.8, 4) is 5.82 Å². The van der Waals surface area contributed by atoms with Crippen molar-refractivity contribution >= 4 is 23.4 Å². The number of aromatic nitrogens is 4. The second-order valence-corrected chi connectivity index (χ2v) is 3.93. The molecule has 2 aromatic heterocycles. The molecule has 0 aliphatic heterocycles. The van der Waals surface area contributed by atoms with Gasteiger partial charge in [0.15, 0.2) is 11.5 Å². The molecule has 0 atom stereocenters. The number of anilines is 1. The molecule has 0 saturated carbocycles. The molecule has 3 N–H and O–H groups in total. The minimum absolute atomic E-state index is 0.0989. The summed E-state index contributed by atoms with van der Waals surface area (Å²) in [6.45, 7) is 0. The van der Waals surface area contributed by atoms with E-state index in [-0.39, 0.29) is 11.4 Å². The summed E-state index contributed by atoms with van der Waals surface area (Å²) >= 11 is 1.46. The normalized spacial score (nSPS) is 10.4. The minimum atomic E-state index is -1.17. The second-order valence-electron chi connectivity index (χ2n) is 3.10. The fourth-order valence-corrected chi connectivity index (χ4v) is 1.61. The number of nitrogen functional groups attached to an aromatic ring is 1. The first kappa shape index (κ1) is 11.4. The Morgan fingerprint density at radius 3 is 2.88 bits per heavy atom. The lowest BCUT2D eigenvalue weighted by Crippen LogP contribution is -2.03. The molecule has 0 amide bonds. The van der Waals surface area contributed by atoms with Crippen LogP contribution in [0.15, 0.2) is 23.6 Å². The van der Waals surface area contributed by atoms with Crippen LogP contribution in [-0.2, 0) is 0 Å². The van der Waals surface area contributed by atoms with Gasteiger partial charge in [0.1, 0.15) is 11.4 Å². The van der Waals surface area contributed by atoms with Crippen molar-refractivity contribution in [1.29, 1.82) is 0 Å². The van der Waals surface area contributed by atoms with Crippen LogP contribution in [0.1, 0.15) is 10.5 Å². The van der Waals surface area contributed by atoms with E-state index in [1.807, 2.05) is 6.26 Å². The number of hydrogen-bond donors (Lipinski definition) is 2. The van der Waals surface area contributed by atoms with Gasteiger partial charge in [-0.3, -0.25) is 0 Å². The SMILES string of the molecule is CSc1cc(-n2cc(N)c(C(=O)O)n2)ncn1. The molecule has 0 saturated heterocycles. The number of rotatable bonds is 3. The van der Waals surface area contributed by atoms with Gasteiger partial charge in [0.2, 0.25) is 0 Å². The van der Waals surface area contributed by atoms with Crippen molar-refractivity contribution in [2.75, 3.05) is 12.0 Å². The number of carboxylic acids is 1. The monoisotopic (exact) mass is 251 g/mol. The Labute approximate surface area is 101 Å². The maximum atomic E-state index is 10.8. The van der Waals surface area contributed by atoms with E-state index in [0.717, 1.165) is 5.03 Å². The van der Waals surface area contributed by atoms with Crippen LogP contribution in [0.2, 0.25) is 0 Å². The summed E-state index contributed by atoms with van der Waals surface area (Å²) in [7, 11) is 0. The molecule has 0 radical (unpaired) electrons. The van der Waals surface area contributed by atoms with Crippen molar-refractivity contribution < 1.29 is 9.90 Å². The van der Waals surface area contributed by atoms with Gasteiger partial charge in [-0.1, -0.05) is 0 Å². The van der Waals surface area contributed by atoms with Crippen LogP contribution in [0.25, 0.3) is 5.82 Å². The van der Waals surface area contributed by atoms with Crippen molar-refractivity contribution in [2.45, 2.75) is 5.03 Å². The Morgan fingerprint density at radius 2 is 2.29 bits per heavy atom. The summed E-state index contributed by atoms with van der Waals surface area (Å²) in [5, 5.41) is 13.4. The van der Waals surface area contributed by atoms with E-state index in [1.165, 1.54) is 29.0 Å². The first-order valence-electron chi connectivity index (χ1n) is 4.56. The highest BCUT2D eigenvalue weighted by Gasteiger charge is 2.14. The lowest BCUT2D eigenvalue weighted by Gasteiger charge is -2.00. The van der Waals surface area contributed by atoms with Crippen molar-refractivity contribution in [1.82, 2.24) is 19.7 Å². The maximum absolute atomic E-state index is 10.8. The summed E-state index contributed by atoms with van der Waals surface area (Å²) in [6.07, 6.45) is 4.68. The van der Waals surface area contributed by atoms with Crippen LogP contribution < -0.4 is 5.73 Å². The van der Waals surface area contributed by atoms with Gasteiger partial charge in [-0.25, -0.2) is 19.4 Å². The van der Waals surface area contributed by atoms with E-state index < -0.39 is 5.97 Å². The molecule has 7 nitrogen and oxygen atoms in total. The summed E-state index contributed by atoms with van der Waals surface area (Å²) in [6, 6.07) is 1.70. The summed E-state index contributed by atoms with van der Waals surface area (Å²) in [5.74, 6) is -0.691. The molecule has 8 heteroatoms. The van der Waals surface area contributed by atoms with Crippen molar-refractivity contribution in [3.05, 3.63) is 24.3 Å². The average Bonchev–Trinajstić information content (AvgIpc) is 2.71. The Kier molecular flexibility index (Phi) is 2.96. The van der Waals surface area contributed by atoms with Crippen LogP contribution in [0.5, 0.6) is 0 Å². The number of carboxylic acid groups (broad SMARTS) is 1. The smallest absolute Gasteiger partial charge is 0.358 e. The molecule has 0 aliphatic carbocycles. The summed E-state index contributed by atoms with van der Waals surface area (Å²) < 4.78 is 1.32. The number of hydrogen-bond acceptors (Lipinski definition) is 6. The number of carbonyl (C=O) groups is 1. The van der Waals surface area contributed by atoms with Crippen LogP contribution >= 0.6 is 11.8 Å². The number of thioether (sulfide) groups is 1. The number of nitrogens with two attached hydrogens (primary N) is 1. The lowest BCUT2D eigenvalue weighted by atomic mass is 10.4. The van der Waals surface area contributed by atoms with E-state index in [9.17, 15) is 4.79 Å². The summed E-state index contributed by atoms with van der Waals surface area (Å²) in [5.41, 5.74) is 5.45. The molecule has 0 aliphatic rings. The fraction of sp³-hybridized carbons (Fsp3) is 0.111. The third kappa shape index (κ3) is 2.21. The molecule has 88 valence electrons. The van der Waals surface area contributed by atoms with Gasteiger partial charge in [0, 0.05) is 6.07 Å². The third-order valence-electron chi connectivity index (χ3n) is 2.02. The fourth-order valence-electron chi connectivity index (χ4n) is 1.24. The van der Waals surface area contributed by atoms with E-state index in [0.29, 0.717) is 5.82 Å². The second kappa shape index (κ2) is 4.42. The first-order chi connectivity index (χ1) is 8.11. The quantitative estimate of drug-likeness (QED) is 0.609. The van der Waals surface area contributed by atoms with Crippen LogP contribution in [0.3, 0.4) is 0 Å². The van der Waals surface area contributed by atoms with E-state index in [2.05, 4.69) is 15.1 Å². The Bertz CT molecular complexity index is 568. The van der Waals surface area contributed by atoms with Gasteiger partial charge < -0.3 is 10.8 Å². The van der Waals surface area contributed by atoms with E-state index in [1.54, 1.807) is 6.07 Å². The predicted molar refractivity (Wildman–Crippen MR) is 62.3 cm³/mol. The van der Waals surface area contributed by atoms with Crippen LogP contribution in [0, 0.1) is 0 Å². The van der Waals surface area contributed by atoms with Gasteiger partial charge in [-0.05, 0) is 6.26 Å². The molecule has 17 heavy (non-hydrogen) atoms. The predicted octanol–water partition coefficient (Wildman–Crippen LogP) is 0.665. The molecule has 0 bridgehead atoms. The Morgan fingerprint density at radius 1 is 1.53 bits per heavy atom. The van der Waals surface area contributed by atoms with Crippen LogP contribution in [-0.4, -0.2) is 37.1 Å². The molecule has 2 rings (SSSR count). The summed E-state index contributed by atoms with van der Waals surface area (Å²) in [4.78, 5) is 18.8. The third-order valence-corrected chi connectivity index (χ3v) is 2.66. The number of aromatic carboxylic acids is 1. The lowest BCUT2D eigenvalue weighted by molar-refractivity contribution is 0.0691. The van der Waals surface area contributed by atoms with Gasteiger partial charge >= 0.3 is 5.97 Å². The highest BCUT2D eigenvalue weighted by molar-refractivity contribution is 7.98.